The van der Waals surface area contributed by atoms with Gasteiger partial charge in [0.15, 0.2) is 0 Å². The van der Waals surface area contributed by atoms with Crippen LogP contribution < -0.4 is 5.32 Å². The van der Waals surface area contributed by atoms with Crippen molar-refractivity contribution in [1.29, 1.82) is 5.26 Å². The second kappa shape index (κ2) is 7.52. The molecule has 7 heteroatoms. The Labute approximate surface area is 130 Å². The number of nitriles is 1. The molecular formula is C15H20N6O. The SMILES string of the molecule is COCCn1cnnc1CCNc1cc(C)c(C#N)c(C)n1. The third-order valence-corrected chi connectivity index (χ3v) is 3.40. The molecule has 0 aromatic carbocycles. The number of nitrogens with one attached hydrogen (secondary N) is 1. The van der Waals surface area contributed by atoms with Gasteiger partial charge >= 0.3 is 0 Å². The van der Waals surface area contributed by atoms with Gasteiger partial charge in [-0.1, -0.05) is 0 Å². The Hall–Kier alpha value is -2.46. The summed E-state index contributed by atoms with van der Waals surface area (Å²) < 4.78 is 7.04. The van der Waals surface area contributed by atoms with Gasteiger partial charge in [-0.15, -0.1) is 10.2 Å². The molecule has 2 rings (SSSR count). The number of pyridine rings is 1. The van der Waals surface area contributed by atoms with E-state index in [1.165, 1.54) is 0 Å². The van der Waals surface area contributed by atoms with Crippen molar-refractivity contribution < 1.29 is 4.74 Å². The number of nitrogens with zero attached hydrogens (tertiary/aromatic N) is 5. The standard InChI is InChI=1S/C15H20N6O/c1-11-8-14(19-12(2)13(11)9-16)17-5-4-15-20-18-10-21(15)6-7-22-3/h8,10H,4-7H2,1-3H3,(H,17,19). The lowest BCUT2D eigenvalue weighted by atomic mass is 10.1. The van der Waals surface area contributed by atoms with Gasteiger partial charge in [0.25, 0.3) is 0 Å². The average molecular weight is 300 g/mol. The highest BCUT2D eigenvalue weighted by molar-refractivity contribution is 5.48. The molecular weight excluding hydrogens is 280 g/mol. The molecule has 0 saturated carbocycles. The van der Waals surface area contributed by atoms with E-state index in [0.717, 1.165) is 35.9 Å². The smallest absolute Gasteiger partial charge is 0.134 e. The predicted octanol–water partition coefficient (Wildman–Crippen LogP) is 1.46. The van der Waals surface area contributed by atoms with E-state index in [9.17, 15) is 0 Å². The summed E-state index contributed by atoms with van der Waals surface area (Å²) in [6.07, 6.45) is 2.45. The molecule has 7 nitrogen and oxygen atoms in total. The van der Waals surface area contributed by atoms with E-state index in [-0.39, 0.29) is 0 Å². The van der Waals surface area contributed by atoms with Crippen LogP contribution in [0.5, 0.6) is 0 Å². The molecule has 2 heterocycles. The number of hydrogen-bond acceptors (Lipinski definition) is 6. The second-order valence-electron chi connectivity index (χ2n) is 5.01. The number of aromatic nitrogens is 4. The monoisotopic (exact) mass is 300 g/mol. The van der Waals surface area contributed by atoms with Crippen LogP contribution in [-0.4, -0.2) is 40.0 Å². The van der Waals surface area contributed by atoms with Crippen molar-refractivity contribution in [3.05, 3.63) is 35.0 Å². The summed E-state index contributed by atoms with van der Waals surface area (Å²) >= 11 is 0. The molecule has 0 saturated heterocycles. The minimum Gasteiger partial charge on any atom is -0.383 e. The predicted molar refractivity (Wildman–Crippen MR) is 82.5 cm³/mol. The highest BCUT2D eigenvalue weighted by Crippen LogP contribution is 2.15. The second-order valence-corrected chi connectivity index (χ2v) is 5.01. The highest BCUT2D eigenvalue weighted by atomic mass is 16.5. The summed E-state index contributed by atoms with van der Waals surface area (Å²) in [6.45, 7) is 5.83. The molecule has 0 aliphatic rings. The zero-order valence-corrected chi connectivity index (χ0v) is 13.1. The minimum atomic E-state index is 0.633. The molecule has 116 valence electrons. The van der Waals surface area contributed by atoms with Crippen LogP contribution in [0.2, 0.25) is 0 Å². The van der Waals surface area contributed by atoms with Crippen LogP contribution in [0, 0.1) is 25.2 Å². The zero-order valence-electron chi connectivity index (χ0n) is 13.1. The van der Waals surface area contributed by atoms with E-state index < -0.39 is 0 Å². The van der Waals surface area contributed by atoms with Gasteiger partial charge in [0.2, 0.25) is 0 Å². The van der Waals surface area contributed by atoms with Crippen molar-refractivity contribution in [3.63, 3.8) is 0 Å². The third kappa shape index (κ3) is 3.80. The number of rotatable bonds is 7. The summed E-state index contributed by atoms with van der Waals surface area (Å²) in [5, 5.41) is 20.4. The maximum absolute atomic E-state index is 9.05. The van der Waals surface area contributed by atoms with E-state index in [0.29, 0.717) is 18.7 Å². The normalized spacial score (nSPS) is 10.5. The van der Waals surface area contributed by atoms with Crippen LogP contribution in [0.4, 0.5) is 5.82 Å². The first-order valence-electron chi connectivity index (χ1n) is 7.13. The van der Waals surface area contributed by atoms with Gasteiger partial charge in [-0.05, 0) is 25.5 Å². The largest absolute Gasteiger partial charge is 0.383 e. The number of methoxy groups -OCH3 is 1. The van der Waals surface area contributed by atoms with Gasteiger partial charge in [0, 0.05) is 26.6 Å². The van der Waals surface area contributed by atoms with Crippen LogP contribution in [0.1, 0.15) is 22.6 Å². The van der Waals surface area contributed by atoms with Gasteiger partial charge in [0.05, 0.1) is 17.9 Å². The van der Waals surface area contributed by atoms with Gasteiger partial charge in [-0.25, -0.2) is 4.98 Å². The van der Waals surface area contributed by atoms with E-state index in [1.54, 1.807) is 13.4 Å². The first-order valence-corrected chi connectivity index (χ1v) is 7.13. The third-order valence-electron chi connectivity index (χ3n) is 3.40. The van der Waals surface area contributed by atoms with Crippen molar-refractivity contribution in [2.24, 2.45) is 0 Å². The van der Waals surface area contributed by atoms with E-state index in [2.05, 4.69) is 26.6 Å². The lowest BCUT2D eigenvalue weighted by Crippen LogP contribution is -2.13. The van der Waals surface area contributed by atoms with E-state index in [1.807, 2.05) is 24.5 Å². The van der Waals surface area contributed by atoms with E-state index in [4.69, 9.17) is 10.00 Å². The first-order chi connectivity index (χ1) is 10.7. The van der Waals surface area contributed by atoms with Gasteiger partial charge < -0.3 is 14.6 Å². The quantitative estimate of drug-likeness (QED) is 0.833. The molecule has 22 heavy (non-hydrogen) atoms. The summed E-state index contributed by atoms with van der Waals surface area (Å²) in [7, 11) is 1.67. The van der Waals surface area contributed by atoms with Crippen molar-refractivity contribution in [2.75, 3.05) is 25.6 Å². The average Bonchev–Trinajstić information content (AvgIpc) is 2.92. The molecule has 1 N–H and O–H groups in total. The summed E-state index contributed by atoms with van der Waals surface area (Å²) in [4.78, 5) is 4.40. The lowest BCUT2D eigenvalue weighted by Gasteiger charge is -2.10. The Kier molecular flexibility index (Phi) is 5.44. The van der Waals surface area contributed by atoms with Gasteiger partial charge in [-0.2, -0.15) is 5.26 Å². The van der Waals surface area contributed by atoms with Crippen molar-refractivity contribution in [1.82, 2.24) is 19.7 Å². The fourth-order valence-electron chi connectivity index (χ4n) is 2.24. The molecule has 2 aromatic heterocycles. The van der Waals surface area contributed by atoms with Crippen molar-refractivity contribution in [2.45, 2.75) is 26.8 Å². The topological polar surface area (TPSA) is 88.6 Å². The number of anilines is 1. The van der Waals surface area contributed by atoms with Crippen molar-refractivity contribution >= 4 is 5.82 Å². The molecule has 0 aliphatic carbocycles. The number of aryl methyl sites for hydroxylation is 2. The molecule has 0 bridgehead atoms. The lowest BCUT2D eigenvalue weighted by molar-refractivity contribution is 0.186. The van der Waals surface area contributed by atoms with Crippen LogP contribution in [0.15, 0.2) is 12.4 Å². The first kappa shape index (κ1) is 15.9. The highest BCUT2D eigenvalue weighted by Gasteiger charge is 2.07. The molecule has 0 aliphatic heterocycles. The fourth-order valence-corrected chi connectivity index (χ4v) is 2.24. The summed E-state index contributed by atoms with van der Waals surface area (Å²) in [5.74, 6) is 1.68. The zero-order chi connectivity index (χ0) is 15.9. The maximum Gasteiger partial charge on any atom is 0.134 e. The van der Waals surface area contributed by atoms with E-state index >= 15 is 0 Å². The Balaban J connectivity index is 1.95. The summed E-state index contributed by atoms with van der Waals surface area (Å²) in [5.41, 5.74) is 2.32. The van der Waals surface area contributed by atoms with Crippen LogP contribution in [0.25, 0.3) is 0 Å². The Morgan fingerprint density at radius 3 is 2.91 bits per heavy atom. The van der Waals surface area contributed by atoms with Crippen molar-refractivity contribution in [3.8, 4) is 6.07 Å². The Morgan fingerprint density at radius 2 is 2.23 bits per heavy atom. The van der Waals surface area contributed by atoms with Crippen LogP contribution in [0.3, 0.4) is 0 Å². The van der Waals surface area contributed by atoms with Gasteiger partial charge in [0.1, 0.15) is 24.0 Å². The molecule has 0 fully saturated rings. The molecule has 0 spiro atoms. The summed E-state index contributed by atoms with van der Waals surface area (Å²) in [6, 6.07) is 4.06. The molecule has 0 radical (unpaired) electrons. The maximum atomic E-state index is 9.05. The molecule has 2 aromatic rings. The Bertz CT molecular complexity index is 650. The Morgan fingerprint density at radius 1 is 1.41 bits per heavy atom. The fraction of sp³-hybridized carbons (Fsp3) is 0.467. The van der Waals surface area contributed by atoms with Crippen LogP contribution >= 0.6 is 0 Å². The molecule has 0 atom stereocenters. The minimum absolute atomic E-state index is 0.633. The molecule has 0 amide bonds. The van der Waals surface area contributed by atoms with Crippen LogP contribution in [-0.2, 0) is 17.7 Å². The van der Waals surface area contributed by atoms with Gasteiger partial charge in [-0.3, -0.25) is 0 Å². The molecule has 0 unspecified atom stereocenters. The number of hydrogen-bond donors (Lipinski definition) is 1. The number of ether oxygens (including phenoxy) is 1.